The summed E-state index contributed by atoms with van der Waals surface area (Å²) >= 11 is 15.1. The second-order valence-electron chi connectivity index (χ2n) is 4.27. The molecule has 94 valence electrons. The minimum absolute atomic E-state index is 0.583. The van der Waals surface area contributed by atoms with Crippen molar-refractivity contribution in [3.8, 4) is 0 Å². The van der Waals surface area contributed by atoms with E-state index in [0.717, 1.165) is 0 Å². The molecule has 0 aromatic heterocycles. The number of hydrogen-bond donors (Lipinski definition) is 0. The van der Waals surface area contributed by atoms with Gasteiger partial charge in [0.2, 0.25) is 0 Å². The molecule has 0 saturated carbocycles. The summed E-state index contributed by atoms with van der Waals surface area (Å²) in [7, 11) is 0. The monoisotopic (exact) mass is 478 g/mol. The Hall–Kier alpha value is 1.66. The lowest BCUT2D eigenvalue weighted by molar-refractivity contribution is 0.617. The van der Waals surface area contributed by atoms with Crippen LogP contribution in [0.5, 0.6) is 0 Å². The second kappa shape index (κ2) is 8.71. The molecular formula is C12H18Br4. The highest BCUT2D eigenvalue weighted by Gasteiger charge is 2.20. The highest BCUT2D eigenvalue weighted by molar-refractivity contribution is 9.12. The van der Waals surface area contributed by atoms with Crippen LogP contribution in [0.25, 0.3) is 0 Å². The van der Waals surface area contributed by atoms with Crippen molar-refractivity contribution >= 4 is 63.7 Å². The molecule has 0 fully saturated rings. The van der Waals surface area contributed by atoms with Crippen molar-refractivity contribution in [3.05, 3.63) is 12.2 Å². The molecule has 0 heterocycles. The van der Waals surface area contributed by atoms with Gasteiger partial charge in [-0.1, -0.05) is 75.9 Å². The van der Waals surface area contributed by atoms with Gasteiger partial charge in [-0.3, -0.25) is 0 Å². The molecule has 16 heavy (non-hydrogen) atoms. The maximum Gasteiger partial charge on any atom is 0.0274 e. The fourth-order valence-electron chi connectivity index (χ4n) is 1.79. The Kier molecular flexibility index (Phi) is 8.55. The Bertz CT molecular complexity index is 195. The number of hydrogen-bond acceptors (Lipinski definition) is 0. The summed E-state index contributed by atoms with van der Waals surface area (Å²) in [6, 6.07) is 0. The van der Waals surface area contributed by atoms with Gasteiger partial charge in [-0.25, -0.2) is 0 Å². The maximum atomic E-state index is 3.78. The molecule has 0 spiro atoms. The van der Waals surface area contributed by atoms with Crippen molar-refractivity contribution in [3.63, 3.8) is 0 Å². The third kappa shape index (κ3) is 6.01. The first kappa shape index (κ1) is 15.7. The summed E-state index contributed by atoms with van der Waals surface area (Å²) < 4.78 is 0. The van der Waals surface area contributed by atoms with Gasteiger partial charge in [0, 0.05) is 19.3 Å². The normalized spacial score (nSPS) is 40.8. The van der Waals surface area contributed by atoms with Crippen molar-refractivity contribution in [2.24, 2.45) is 0 Å². The molecule has 4 heteroatoms. The van der Waals surface area contributed by atoms with Crippen molar-refractivity contribution in [2.45, 2.75) is 57.8 Å². The van der Waals surface area contributed by atoms with E-state index in [2.05, 4.69) is 75.9 Å². The van der Waals surface area contributed by atoms with Gasteiger partial charge in [0.15, 0.2) is 0 Å². The molecule has 0 aromatic rings. The summed E-state index contributed by atoms with van der Waals surface area (Å²) in [5.41, 5.74) is 0. The van der Waals surface area contributed by atoms with Gasteiger partial charge < -0.3 is 0 Å². The van der Waals surface area contributed by atoms with Crippen LogP contribution in [0, 0.1) is 0 Å². The van der Waals surface area contributed by atoms with E-state index in [1.54, 1.807) is 0 Å². The lowest BCUT2D eigenvalue weighted by Gasteiger charge is -2.21. The molecule has 0 unspecified atom stereocenters. The van der Waals surface area contributed by atoms with Gasteiger partial charge in [-0.05, 0) is 38.5 Å². The van der Waals surface area contributed by atoms with E-state index in [-0.39, 0.29) is 0 Å². The first-order chi connectivity index (χ1) is 7.61. The molecule has 0 radical (unpaired) electrons. The predicted octanol–water partition coefficient (Wildman–Crippen LogP) is 5.95. The minimum Gasteiger partial charge on any atom is -0.0885 e. The molecule has 1 rings (SSSR count). The predicted molar refractivity (Wildman–Crippen MR) is 87.7 cm³/mol. The van der Waals surface area contributed by atoms with Gasteiger partial charge in [-0.15, -0.1) is 0 Å². The fraction of sp³-hybridized carbons (Fsp3) is 0.833. The van der Waals surface area contributed by atoms with Crippen LogP contribution in [0.2, 0.25) is 0 Å². The van der Waals surface area contributed by atoms with E-state index >= 15 is 0 Å². The Morgan fingerprint density at radius 3 is 1.25 bits per heavy atom. The SMILES string of the molecule is Br[C@@H]1CC/C=C\CC[C@H](Br)[C@H](Br)CC[C@H]1Br. The van der Waals surface area contributed by atoms with Crippen LogP contribution in [0.3, 0.4) is 0 Å². The largest absolute Gasteiger partial charge is 0.0885 e. The van der Waals surface area contributed by atoms with Crippen LogP contribution < -0.4 is 0 Å². The third-order valence-corrected chi connectivity index (χ3v) is 8.69. The van der Waals surface area contributed by atoms with E-state index in [9.17, 15) is 0 Å². The first-order valence-electron chi connectivity index (χ1n) is 5.82. The molecule has 0 nitrogen and oxygen atoms in total. The average Bonchev–Trinajstić information content (AvgIpc) is 2.27. The quantitative estimate of drug-likeness (QED) is 0.296. The van der Waals surface area contributed by atoms with Gasteiger partial charge in [-0.2, -0.15) is 0 Å². The molecule has 1 aliphatic carbocycles. The average molecular weight is 482 g/mol. The van der Waals surface area contributed by atoms with E-state index in [1.165, 1.54) is 38.5 Å². The Balaban J connectivity index is 2.52. The molecule has 4 atom stereocenters. The minimum atomic E-state index is 0.583. The zero-order valence-corrected chi connectivity index (χ0v) is 15.6. The maximum absolute atomic E-state index is 3.78. The number of allylic oxidation sites excluding steroid dienone is 2. The number of alkyl halides is 4. The van der Waals surface area contributed by atoms with Gasteiger partial charge in [0.05, 0.1) is 0 Å². The van der Waals surface area contributed by atoms with Crippen LogP contribution in [0.15, 0.2) is 12.2 Å². The van der Waals surface area contributed by atoms with Crippen LogP contribution in [-0.4, -0.2) is 19.3 Å². The zero-order chi connectivity index (χ0) is 12.0. The Labute approximate surface area is 133 Å². The number of rotatable bonds is 0. The van der Waals surface area contributed by atoms with E-state index in [1.807, 2.05) is 0 Å². The Morgan fingerprint density at radius 2 is 0.875 bits per heavy atom. The van der Waals surface area contributed by atoms with E-state index < -0.39 is 0 Å². The van der Waals surface area contributed by atoms with Crippen LogP contribution >= 0.6 is 63.7 Å². The standard InChI is InChI=1S/C12H18Br4/c13-9-5-3-1-2-4-6-10(14)12(16)8-7-11(9)15/h1-2,9-12H,3-8H2/b2-1-/t9-,10+,11-,12-/m1/s1. The first-order valence-corrected chi connectivity index (χ1v) is 9.49. The topological polar surface area (TPSA) is 0 Å². The molecule has 0 saturated heterocycles. The third-order valence-electron chi connectivity index (χ3n) is 2.89. The lowest BCUT2D eigenvalue weighted by atomic mass is 10.0. The molecule has 0 N–H and O–H groups in total. The smallest absolute Gasteiger partial charge is 0.0274 e. The van der Waals surface area contributed by atoms with Crippen LogP contribution in [0.4, 0.5) is 0 Å². The van der Waals surface area contributed by atoms with Crippen LogP contribution in [0.1, 0.15) is 38.5 Å². The summed E-state index contributed by atoms with van der Waals surface area (Å²) in [4.78, 5) is 2.34. The molecule has 0 amide bonds. The van der Waals surface area contributed by atoms with Crippen molar-refractivity contribution in [2.75, 3.05) is 0 Å². The van der Waals surface area contributed by atoms with Crippen LogP contribution in [-0.2, 0) is 0 Å². The molecule has 1 aliphatic rings. The number of halogens is 4. The molecule has 0 aliphatic heterocycles. The molecule has 0 aromatic carbocycles. The van der Waals surface area contributed by atoms with Gasteiger partial charge in [0.25, 0.3) is 0 Å². The summed E-state index contributed by atoms with van der Waals surface area (Å²) in [5, 5.41) is 0. The molecular weight excluding hydrogens is 464 g/mol. The van der Waals surface area contributed by atoms with Crippen molar-refractivity contribution < 1.29 is 0 Å². The highest BCUT2D eigenvalue weighted by atomic mass is 79.9. The van der Waals surface area contributed by atoms with Gasteiger partial charge in [0.1, 0.15) is 0 Å². The van der Waals surface area contributed by atoms with E-state index in [0.29, 0.717) is 19.3 Å². The van der Waals surface area contributed by atoms with E-state index in [4.69, 9.17) is 0 Å². The highest BCUT2D eigenvalue weighted by Crippen LogP contribution is 2.29. The summed E-state index contributed by atoms with van der Waals surface area (Å²) in [6.07, 6.45) is 11.9. The summed E-state index contributed by atoms with van der Waals surface area (Å²) in [6.45, 7) is 0. The molecule has 0 bridgehead atoms. The van der Waals surface area contributed by atoms with Crippen molar-refractivity contribution in [1.82, 2.24) is 0 Å². The van der Waals surface area contributed by atoms with Gasteiger partial charge >= 0.3 is 0 Å². The zero-order valence-electron chi connectivity index (χ0n) is 9.22. The second-order valence-corrected chi connectivity index (χ2v) is 8.97. The fourth-order valence-corrected chi connectivity index (χ4v) is 3.90. The van der Waals surface area contributed by atoms with Crippen molar-refractivity contribution in [1.29, 1.82) is 0 Å². The lowest BCUT2D eigenvalue weighted by Crippen LogP contribution is -2.19. The summed E-state index contributed by atoms with van der Waals surface area (Å²) in [5.74, 6) is 0. The Morgan fingerprint density at radius 1 is 0.562 bits per heavy atom.